The summed E-state index contributed by atoms with van der Waals surface area (Å²) in [4.78, 5) is 14.7. The second kappa shape index (κ2) is 5.63. The van der Waals surface area contributed by atoms with Crippen molar-refractivity contribution >= 4 is 33.2 Å². The monoisotopic (exact) mass is 327 g/mol. The molecule has 2 aromatic rings. The summed E-state index contributed by atoms with van der Waals surface area (Å²) in [5.74, 6) is -0.577. The van der Waals surface area contributed by atoms with E-state index in [0.717, 1.165) is 9.35 Å². The predicted octanol–water partition coefficient (Wildman–Crippen LogP) is 3.92. The minimum Gasteiger partial charge on any atom is -0.337 e. The van der Waals surface area contributed by atoms with E-state index >= 15 is 0 Å². The smallest absolute Gasteiger partial charge is 0.254 e. The van der Waals surface area contributed by atoms with E-state index in [1.807, 2.05) is 11.4 Å². The van der Waals surface area contributed by atoms with Crippen LogP contribution in [0, 0.1) is 5.82 Å². The van der Waals surface area contributed by atoms with Crippen molar-refractivity contribution in [2.24, 2.45) is 0 Å². The second-order valence-corrected chi connectivity index (χ2v) is 5.81. The van der Waals surface area contributed by atoms with Gasteiger partial charge in [0.15, 0.2) is 0 Å². The molecule has 2 nitrogen and oxygen atoms in total. The Kier molecular flexibility index (Phi) is 4.14. The van der Waals surface area contributed by atoms with Crippen LogP contribution in [-0.4, -0.2) is 17.9 Å². The molecule has 0 saturated heterocycles. The molecule has 1 aromatic carbocycles. The Morgan fingerprint density at radius 3 is 2.83 bits per heavy atom. The number of thiophene rings is 1. The summed E-state index contributed by atoms with van der Waals surface area (Å²) in [6, 6.07) is 7.71. The zero-order valence-electron chi connectivity index (χ0n) is 9.69. The lowest BCUT2D eigenvalue weighted by atomic mass is 10.2. The highest BCUT2D eigenvalue weighted by atomic mass is 79.9. The number of benzene rings is 1. The van der Waals surface area contributed by atoms with Crippen LogP contribution in [-0.2, 0) is 6.54 Å². The summed E-state index contributed by atoms with van der Waals surface area (Å²) in [6.07, 6.45) is 0. The number of rotatable bonds is 3. The topological polar surface area (TPSA) is 20.3 Å². The normalized spacial score (nSPS) is 10.4. The van der Waals surface area contributed by atoms with Crippen molar-refractivity contribution in [3.8, 4) is 0 Å². The highest BCUT2D eigenvalue weighted by molar-refractivity contribution is 9.10. The van der Waals surface area contributed by atoms with Crippen molar-refractivity contribution in [3.63, 3.8) is 0 Å². The molecule has 1 aromatic heterocycles. The Morgan fingerprint density at radius 1 is 1.44 bits per heavy atom. The molecular weight excluding hydrogens is 317 g/mol. The van der Waals surface area contributed by atoms with Crippen molar-refractivity contribution < 1.29 is 9.18 Å². The van der Waals surface area contributed by atoms with Gasteiger partial charge >= 0.3 is 0 Å². The number of halogens is 2. The summed E-state index contributed by atoms with van der Waals surface area (Å²) < 4.78 is 14.1. The molecule has 0 N–H and O–H groups in total. The van der Waals surface area contributed by atoms with Crippen molar-refractivity contribution in [1.82, 2.24) is 4.90 Å². The van der Waals surface area contributed by atoms with Crippen LogP contribution in [0.1, 0.15) is 15.2 Å². The number of carbonyl (C=O) groups excluding carboxylic acids is 1. The maximum absolute atomic E-state index is 13.0. The fourth-order valence-electron chi connectivity index (χ4n) is 1.58. The van der Waals surface area contributed by atoms with Crippen LogP contribution in [0.25, 0.3) is 0 Å². The maximum Gasteiger partial charge on any atom is 0.254 e. The summed E-state index contributed by atoms with van der Waals surface area (Å²) in [7, 11) is 1.71. The van der Waals surface area contributed by atoms with E-state index < -0.39 is 5.82 Å². The van der Waals surface area contributed by atoms with Gasteiger partial charge in [-0.3, -0.25) is 4.79 Å². The first-order valence-electron chi connectivity index (χ1n) is 5.30. The van der Waals surface area contributed by atoms with Crippen molar-refractivity contribution in [2.75, 3.05) is 7.05 Å². The number of hydrogen-bond acceptors (Lipinski definition) is 2. The molecular formula is C13H11BrFNOS. The molecule has 18 heavy (non-hydrogen) atoms. The fourth-order valence-corrected chi connectivity index (χ4v) is 3.09. The van der Waals surface area contributed by atoms with Gasteiger partial charge in [-0.25, -0.2) is 4.39 Å². The van der Waals surface area contributed by atoms with Crippen LogP contribution in [0.3, 0.4) is 0 Å². The van der Waals surface area contributed by atoms with Gasteiger partial charge in [0, 0.05) is 27.3 Å². The van der Waals surface area contributed by atoms with Crippen LogP contribution in [0.5, 0.6) is 0 Å². The minimum atomic E-state index is -0.395. The second-order valence-electron chi connectivity index (χ2n) is 3.90. The largest absolute Gasteiger partial charge is 0.337 e. The zero-order chi connectivity index (χ0) is 13.1. The molecule has 2 rings (SSSR count). The van der Waals surface area contributed by atoms with E-state index in [0.29, 0.717) is 12.1 Å². The standard InChI is InChI=1S/C13H11BrFNOS/c1-16(7-12-6-10(14)8-18-12)13(17)9-3-2-4-11(15)5-9/h2-6,8H,7H2,1H3. The van der Waals surface area contributed by atoms with Crippen molar-refractivity contribution in [2.45, 2.75) is 6.54 Å². The third-order valence-electron chi connectivity index (χ3n) is 2.43. The van der Waals surface area contributed by atoms with Gasteiger partial charge in [0.2, 0.25) is 0 Å². The molecule has 0 aliphatic heterocycles. The average molecular weight is 328 g/mol. The fraction of sp³-hybridized carbons (Fsp3) is 0.154. The van der Waals surface area contributed by atoms with Gasteiger partial charge in [0.1, 0.15) is 5.82 Å². The van der Waals surface area contributed by atoms with Gasteiger partial charge in [0.05, 0.1) is 6.54 Å². The molecule has 1 amide bonds. The molecule has 0 spiro atoms. The Bertz CT molecular complexity index is 570. The number of amides is 1. The molecule has 0 unspecified atom stereocenters. The molecule has 1 heterocycles. The van der Waals surface area contributed by atoms with Gasteiger partial charge < -0.3 is 4.90 Å². The quantitative estimate of drug-likeness (QED) is 0.836. The Balaban J connectivity index is 2.09. The molecule has 0 atom stereocenters. The lowest BCUT2D eigenvalue weighted by molar-refractivity contribution is 0.0786. The molecule has 0 saturated carbocycles. The van der Waals surface area contributed by atoms with Gasteiger partial charge in [0.25, 0.3) is 5.91 Å². The van der Waals surface area contributed by atoms with Crippen LogP contribution in [0.2, 0.25) is 0 Å². The zero-order valence-corrected chi connectivity index (χ0v) is 12.1. The van der Waals surface area contributed by atoms with E-state index in [1.54, 1.807) is 29.4 Å². The number of hydrogen-bond donors (Lipinski definition) is 0. The summed E-state index contributed by atoms with van der Waals surface area (Å²) in [5.41, 5.74) is 0.369. The van der Waals surface area contributed by atoms with E-state index in [9.17, 15) is 9.18 Å². The Morgan fingerprint density at radius 2 is 2.22 bits per heavy atom. The summed E-state index contributed by atoms with van der Waals surface area (Å²) in [6.45, 7) is 0.519. The van der Waals surface area contributed by atoms with Crippen molar-refractivity contribution in [1.29, 1.82) is 0 Å². The van der Waals surface area contributed by atoms with E-state index in [2.05, 4.69) is 15.9 Å². The SMILES string of the molecule is CN(Cc1cc(Br)cs1)C(=O)c1cccc(F)c1. The predicted molar refractivity (Wildman–Crippen MR) is 74.2 cm³/mol. The third kappa shape index (κ3) is 3.17. The molecule has 0 aliphatic carbocycles. The van der Waals surface area contributed by atoms with E-state index in [4.69, 9.17) is 0 Å². The Labute approximate surface area is 117 Å². The third-order valence-corrected chi connectivity index (χ3v) is 4.12. The highest BCUT2D eigenvalue weighted by Gasteiger charge is 2.13. The first-order valence-corrected chi connectivity index (χ1v) is 6.97. The lowest BCUT2D eigenvalue weighted by Crippen LogP contribution is -2.25. The van der Waals surface area contributed by atoms with E-state index in [1.165, 1.54) is 18.2 Å². The molecule has 0 fully saturated rings. The number of carbonyl (C=O) groups is 1. The van der Waals surface area contributed by atoms with Crippen LogP contribution < -0.4 is 0 Å². The first-order chi connectivity index (χ1) is 8.56. The maximum atomic E-state index is 13.0. The van der Waals surface area contributed by atoms with Crippen LogP contribution in [0.15, 0.2) is 40.2 Å². The molecule has 0 aliphatic rings. The highest BCUT2D eigenvalue weighted by Crippen LogP contribution is 2.21. The molecule has 0 bridgehead atoms. The summed E-state index contributed by atoms with van der Waals surface area (Å²) >= 11 is 4.95. The van der Waals surface area contributed by atoms with Gasteiger partial charge in [-0.05, 0) is 40.2 Å². The molecule has 5 heteroatoms. The number of nitrogens with zero attached hydrogens (tertiary/aromatic N) is 1. The molecule has 0 radical (unpaired) electrons. The van der Waals surface area contributed by atoms with Gasteiger partial charge in [-0.2, -0.15) is 0 Å². The first kappa shape index (κ1) is 13.2. The van der Waals surface area contributed by atoms with Crippen LogP contribution in [0.4, 0.5) is 4.39 Å². The lowest BCUT2D eigenvalue weighted by Gasteiger charge is -2.16. The average Bonchev–Trinajstić information content (AvgIpc) is 2.73. The van der Waals surface area contributed by atoms with E-state index in [-0.39, 0.29) is 5.91 Å². The minimum absolute atomic E-state index is 0.181. The van der Waals surface area contributed by atoms with Crippen LogP contribution >= 0.6 is 27.3 Å². The van der Waals surface area contributed by atoms with Gasteiger partial charge in [-0.1, -0.05) is 6.07 Å². The summed E-state index contributed by atoms with van der Waals surface area (Å²) in [5, 5.41) is 1.97. The Hall–Kier alpha value is -1.20. The molecule has 94 valence electrons. The van der Waals surface area contributed by atoms with Gasteiger partial charge in [-0.15, -0.1) is 11.3 Å². The van der Waals surface area contributed by atoms with Crippen molar-refractivity contribution in [3.05, 3.63) is 56.4 Å².